The van der Waals surface area contributed by atoms with E-state index in [9.17, 15) is 18.0 Å². The van der Waals surface area contributed by atoms with Crippen molar-refractivity contribution in [2.24, 2.45) is 0 Å². The van der Waals surface area contributed by atoms with Crippen LogP contribution >= 0.6 is 46.4 Å². The summed E-state index contributed by atoms with van der Waals surface area (Å²) in [5.41, 5.74) is 0. The molecule has 0 bridgehead atoms. The molecule has 0 aliphatic carbocycles. The molecule has 2 fully saturated rings. The highest BCUT2D eigenvalue weighted by atomic mass is 35.6. The molecule has 11 heteroatoms. The number of β-lactam (4-membered cyclic amide) rings is 1. The number of esters is 1. The lowest BCUT2D eigenvalue weighted by Crippen LogP contribution is -2.64. The van der Waals surface area contributed by atoms with E-state index in [0.717, 1.165) is 4.90 Å². The molecular weight excluding hydrogens is 388 g/mol. The van der Waals surface area contributed by atoms with Crippen molar-refractivity contribution in [1.29, 1.82) is 0 Å². The van der Waals surface area contributed by atoms with Gasteiger partial charge in [-0.3, -0.25) is 4.79 Å². The van der Waals surface area contributed by atoms with Gasteiger partial charge in [-0.15, -0.1) is 11.6 Å². The standard InChI is InChI=1S/C10H11Cl4NO5S/c1-9(2)5(8(17)20-3-10(12,13)14)15-6(16)4(11)7(15)21(9,18)19/h4-5,7H,3H2,1-2H3/t4-,5-,7+/m0/s1. The first-order valence-corrected chi connectivity index (χ1v) is 8.87. The van der Waals surface area contributed by atoms with Gasteiger partial charge in [0.1, 0.15) is 22.8 Å². The van der Waals surface area contributed by atoms with Gasteiger partial charge in [-0.05, 0) is 13.8 Å². The van der Waals surface area contributed by atoms with Crippen LogP contribution in [0.4, 0.5) is 0 Å². The molecule has 2 rings (SSSR count). The smallest absolute Gasteiger partial charge is 0.330 e. The maximum Gasteiger partial charge on any atom is 0.330 e. The summed E-state index contributed by atoms with van der Waals surface area (Å²) in [7, 11) is -3.82. The van der Waals surface area contributed by atoms with E-state index in [4.69, 9.17) is 51.1 Å². The second-order valence-corrected chi connectivity index (χ2v) is 10.9. The van der Waals surface area contributed by atoms with Gasteiger partial charge < -0.3 is 9.64 Å². The van der Waals surface area contributed by atoms with Gasteiger partial charge in [0.25, 0.3) is 0 Å². The molecule has 0 radical (unpaired) electrons. The number of halogens is 4. The Labute approximate surface area is 141 Å². The zero-order valence-corrected chi connectivity index (χ0v) is 14.7. The van der Waals surface area contributed by atoms with Crippen molar-refractivity contribution < 1.29 is 22.7 Å². The third-order valence-electron chi connectivity index (χ3n) is 3.60. The first-order chi connectivity index (χ1) is 9.32. The number of carbonyl (C=O) groups excluding carboxylic acids is 2. The van der Waals surface area contributed by atoms with Gasteiger partial charge in [0.2, 0.25) is 9.70 Å². The average molecular weight is 399 g/mol. The molecule has 2 aliphatic heterocycles. The molecule has 0 saturated carbocycles. The maximum absolute atomic E-state index is 12.4. The molecule has 0 aromatic rings. The quantitative estimate of drug-likeness (QED) is 0.397. The summed E-state index contributed by atoms with van der Waals surface area (Å²) in [4.78, 5) is 24.8. The number of hydrogen-bond acceptors (Lipinski definition) is 5. The fourth-order valence-corrected chi connectivity index (χ4v) is 5.36. The highest BCUT2D eigenvalue weighted by molar-refractivity contribution is 7.94. The first-order valence-electron chi connectivity index (χ1n) is 5.75. The average Bonchev–Trinajstić information content (AvgIpc) is 2.47. The summed E-state index contributed by atoms with van der Waals surface area (Å²) < 4.78 is 26.2. The van der Waals surface area contributed by atoms with Crippen LogP contribution in [0.3, 0.4) is 0 Å². The van der Waals surface area contributed by atoms with E-state index in [1.807, 2.05) is 0 Å². The largest absolute Gasteiger partial charge is 0.460 e. The number of alkyl halides is 4. The van der Waals surface area contributed by atoms with Gasteiger partial charge >= 0.3 is 5.97 Å². The third kappa shape index (κ3) is 2.51. The fourth-order valence-electron chi connectivity index (χ4n) is 2.46. The van der Waals surface area contributed by atoms with Crippen LogP contribution in [0, 0.1) is 0 Å². The number of sulfone groups is 1. The highest BCUT2D eigenvalue weighted by Crippen LogP contribution is 2.48. The van der Waals surface area contributed by atoms with Gasteiger partial charge in [0, 0.05) is 0 Å². The van der Waals surface area contributed by atoms with Crippen molar-refractivity contribution in [2.75, 3.05) is 6.61 Å². The second kappa shape index (κ2) is 5.03. The number of nitrogens with zero attached hydrogens (tertiary/aromatic N) is 1. The molecule has 0 spiro atoms. The normalized spacial score (nSPS) is 33.3. The van der Waals surface area contributed by atoms with E-state index in [1.54, 1.807) is 0 Å². The Morgan fingerprint density at radius 3 is 2.38 bits per heavy atom. The van der Waals surface area contributed by atoms with Crippen LogP contribution in [0.2, 0.25) is 0 Å². The summed E-state index contributed by atoms with van der Waals surface area (Å²) in [5, 5.41) is -2.42. The Morgan fingerprint density at radius 2 is 1.90 bits per heavy atom. The topological polar surface area (TPSA) is 80.8 Å². The van der Waals surface area contributed by atoms with Crippen molar-refractivity contribution in [3.8, 4) is 0 Å². The molecule has 3 atom stereocenters. The van der Waals surface area contributed by atoms with Crippen LogP contribution in [-0.4, -0.2) is 57.1 Å². The van der Waals surface area contributed by atoms with E-state index < -0.39 is 53.7 Å². The molecule has 0 aromatic heterocycles. The Morgan fingerprint density at radius 1 is 1.38 bits per heavy atom. The summed E-state index contributed by atoms with van der Waals surface area (Å²) in [5.74, 6) is -1.58. The van der Waals surface area contributed by atoms with Gasteiger partial charge in [-0.2, -0.15) is 0 Å². The van der Waals surface area contributed by atoms with E-state index >= 15 is 0 Å². The van der Waals surface area contributed by atoms with Gasteiger partial charge in [-0.25, -0.2) is 13.2 Å². The molecule has 1 amide bonds. The van der Waals surface area contributed by atoms with E-state index in [1.165, 1.54) is 13.8 Å². The van der Waals surface area contributed by atoms with Gasteiger partial charge in [0.15, 0.2) is 15.2 Å². The number of fused-ring (bicyclic) bond motifs is 1. The Hall–Kier alpha value is 0.0500. The SMILES string of the molecule is CC1(C)[C@H](C(=O)OCC(Cl)(Cl)Cl)N2C(=O)[C@H](Cl)[C@H]2S1(=O)=O. The fraction of sp³-hybridized carbons (Fsp3) is 0.800. The predicted molar refractivity (Wildman–Crippen MR) is 78.3 cm³/mol. The number of carbonyl (C=O) groups is 2. The predicted octanol–water partition coefficient (Wildman–Crippen LogP) is 1.25. The molecule has 120 valence electrons. The molecule has 2 saturated heterocycles. The van der Waals surface area contributed by atoms with Crippen LogP contribution in [0.5, 0.6) is 0 Å². The summed E-state index contributed by atoms with van der Waals surface area (Å²) in [6.45, 7) is 2.11. The minimum Gasteiger partial charge on any atom is -0.460 e. The van der Waals surface area contributed by atoms with Gasteiger partial charge in [-0.1, -0.05) is 34.8 Å². The number of ether oxygens (including phenoxy) is 1. The van der Waals surface area contributed by atoms with Crippen LogP contribution in [0.25, 0.3) is 0 Å². The number of hydrogen-bond donors (Lipinski definition) is 0. The molecule has 21 heavy (non-hydrogen) atoms. The Kier molecular flexibility index (Phi) is 4.17. The highest BCUT2D eigenvalue weighted by Gasteiger charge is 2.72. The van der Waals surface area contributed by atoms with Crippen molar-refractivity contribution in [3.05, 3.63) is 0 Å². The van der Waals surface area contributed by atoms with E-state index in [2.05, 4.69) is 0 Å². The number of rotatable bonds is 2. The van der Waals surface area contributed by atoms with Crippen LogP contribution < -0.4 is 0 Å². The van der Waals surface area contributed by atoms with E-state index in [0.29, 0.717) is 0 Å². The lowest BCUT2D eigenvalue weighted by molar-refractivity contribution is -0.160. The van der Waals surface area contributed by atoms with Crippen molar-refractivity contribution in [1.82, 2.24) is 4.90 Å². The van der Waals surface area contributed by atoms with E-state index in [-0.39, 0.29) is 0 Å². The molecule has 0 aromatic carbocycles. The molecule has 0 N–H and O–H groups in total. The van der Waals surface area contributed by atoms with Crippen LogP contribution in [-0.2, 0) is 24.2 Å². The Bertz CT molecular complexity index is 599. The lowest BCUT2D eigenvalue weighted by atomic mass is 9.98. The zero-order chi connectivity index (χ0) is 16.4. The van der Waals surface area contributed by atoms with Crippen molar-refractivity contribution >= 4 is 68.1 Å². The van der Waals surface area contributed by atoms with Crippen molar-refractivity contribution in [3.63, 3.8) is 0 Å². The molecule has 2 aliphatic rings. The zero-order valence-electron chi connectivity index (χ0n) is 10.8. The maximum atomic E-state index is 12.4. The molecule has 0 unspecified atom stereocenters. The molecular formula is C10H11Cl4NO5S. The number of amides is 1. The van der Waals surface area contributed by atoms with Crippen molar-refractivity contribution in [2.45, 2.75) is 39.2 Å². The molecule has 2 heterocycles. The van der Waals surface area contributed by atoms with Crippen LogP contribution in [0.15, 0.2) is 0 Å². The summed E-state index contributed by atoms with van der Waals surface area (Å²) in [6.07, 6.45) is 0. The molecule has 6 nitrogen and oxygen atoms in total. The first kappa shape index (κ1) is 17.4. The second-order valence-electron chi connectivity index (χ2n) is 5.31. The van der Waals surface area contributed by atoms with Crippen LogP contribution in [0.1, 0.15) is 13.8 Å². The summed E-state index contributed by atoms with van der Waals surface area (Å²) in [6, 6.07) is -1.32. The Balaban J connectivity index is 2.31. The minimum atomic E-state index is -3.82. The van der Waals surface area contributed by atoms with Gasteiger partial charge in [0.05, 0.1) is 0 Å². The monoisotopic (exact) mass is 397 g/mol. The lowest BCUT2D eigenvalue weighted by Gasteiger charge is -2.39. The summed E-state index contributed by atoms with van der Waals surface area (Å²) >= 11 is 22.2. The minimum absolute atomic E-state index is 0.555. The third-order valence-corrected chi connectivity index (χ3v) is 7.33.